The summed E-state index contributed by atoms with van der Waals surface area (Å²) < 4.78 is 34.4. The number of aromatic nitrogens is 6. The van der Waals surface area contributed by atoms with Gasteiger partial charge < -0.3 is 84.1 Å². The number of hydrogen-bond acceptors (Lipinski definition) is 18. The number of alkyl halides is 2. The Hall–Kier alpha value is -7.30. The van der Waals surface area contributed by atoms with Crippen molar-refractivity contribution >= 4 is 139 Å². The van der Waals surface area contributed by atoms with Gasteiger partial charge in [-0.25, -0.2) is 4.98 Å². The summed E-state index contributed by atoms with van der Waals surface area (Å²) >= 11 is 21.3. The van der Waals surface area contributed by atoms with Crippen molar-refractivity contribution in [3.8, 4) is 34.5 Å². The van der Waals surface area contributed by atoms with E-state index in [1.54, 1.807) is 70.1 Å². The number of rotatable bonds is 19. The molecule has 7 heterocycles. The van der Waals surface area contributed by atoms with Crippen LogP contribution in [0.25, 0.3) is 31.8 Å². The summed E-state index contributed by atoms with van der Waals surface area (Å²) in [6.07, 6.45) is 10.1. The molecule has 0 aliphatic carbocycles. The number of carbonyl (C=O) groups is 3. The molecule has 23 nitrogen and oxygen atoms in total. The average Bonchev–Trinajstić information content (AvgIpc) is 1.70. The maximum Gasteiger partial charge on any atom is 0.274 e. The molecule has 10 rings (SSSR count). The molecule has 7 N–H and O–H groups in total. The first-order valence-corrected chi connectivity index (χ1v) is 32.5. The van der Waals surface area contributed by atoms with Crippen LogP contribution in [0.1, 0.15) is 49.7 Å². The number of nitrogens with one attached hydrogen (secondary N) is 5. The van der Waals surface area contributed by atoms with Crippen molar-refractivity contribution in [2.24, 2.45) is 17.8 Å². The van der Waals surface area contributed by atoms with Crippen LogP contribution in [0.3, 0.4) is 0 Å². The van der Waals surface area contributed by atoms with Crippen molar-refractivity contribution in [2.45, 2.75) is 57.5 Å². The van der Waals surface area contributed by atoms with Gasteiger partial charge >= 0.3 is 0 Å². The van der Waals surface area contributed by atoms with Crippen LogP contribution in [0.4, 0.5) is 28.7 Å². The number of aryl methyl sites for hydroxylation is 2. The first kappa shape index (κ1) is 76.4. The largest absolute Gasteiger partial charge is 0.493 e. The number of nitrogen functional groups attached to an aromatic ring is 1. The van der Waals surface area contributed by atoms with E-state index < -0.39 is 5.24 Å². The minimum atomic E-state index is -0.508. The van der Waals surface area contributed by atoms with Gasteiger partial charge in [-0.2, -0.15) is 0 Å². The zero-order valence-corrected chi connectivity index (χ0v) is 58.2. The summed E-state index contributed by atoms with van der Waals surface area (Å²) in [7, 11) is 11.3. The lowest BCUT2D eigenvalue weighted by atomic mass is 9.98. The van der Waals surface area contributed by atoms with Crippen LogP contribution in [0.15, 0.2) is 72.1 Å². The SMILES string of the molecule is COc1ccc(N)cc1OCC1CCN(C)CC1.COc1ccc(NC(=O)CCl)cc1OCC1CCN(C)CC1.Cl.O=C(Cl)CCl.[C-]#[N+]c1ncc2[nH]c(=S)[nH]c2c1C.[C-]#[N+]c1ncc2[nH]c(SCC(=O)Nc3ccc(OC)c(OCC4CCN(C)CC4)c3)nc2c1C. The number of imidazole rings is 2. The van der Waals surface area contributed by atoms with Gasteiger partial charge in [0.25, 0.3) is 11.6 Å². The Balaban J connectivity index is 0.000000230. The number of thioether (sulfide) groups is 1. The van der Waals surface area contributed by atoms with Crippen molar-refractivity contribution in [2.75, 3.05) is 135 Å². The molecule has 0 bridgehead atoms. The molecule has 3 saturated heterocycles. The van der Waals surface area contributed by atoms with Gasteiger partial charge in [0.2, 0.25) is 17.1 Å². The normalized spacial score (nSPS) is 14.5. The van der Waals surface area contributed by atoms with Gasteiger partial charge in [-0.15, -0.1) is 45.6 Å². The van der Waals surface area contributed by atoms with Gasteiger partial charge in [0.1, 0.15) is 29.3 Å². The van der Waals surface area contributed by atoms with Crippen LogP contribution in [-0.2, 0) is 14.4 Å². The maximum atomic E-state index is 12.6. The van der Waals surface area contributed by atoms with Crippen molar-refractivity contribution in [1.82, 2.24) is 44.6 Å². The summed E-state index contributed by atoms with van der Waals surface area (Å²) in [6.45, 7) is 26.5. The third-order valence-corrected chi connectivity index (χ3v) is 17.1. The van der Waals surface area contributed by atoms with E-state index in [1.165, 1.54) is 24.6 Å². The van der Waals surface area contributed by atoms with E-state index in [2.05, 4.69) is 86.1 Å². The van der Waals surface area contributed by atoms with Crippen LogP contribution in [0.2, 0.25) is 0 Å². The first-order chi connectivity index (χ1) is 44.3. The smallest absolute Gasteiger partial charge is 0.274 e. The third-order valence-electron chi connectivity index (χ3n) is 15.3. The molecule has 29 heteroatoms. The third kappa shape index (κ3) is 24.5. The Morgan fingerprint density at radius 1 is 0.634 bits per heavy atom. The molecule has 3 fully saturated rings. The van der Waals surface area contributed by atoms with Crippen molar-refractivity contribution in [1.29, 1.82) is 0 Å². The Kier molecular flexibility index (Phi) is 32.4. The molecule has 0 saturated carbocycles. The Bertz CT molecular complexity index is 3690. The molecule has 3 aliphatic rings. The standard InChI is InChI=1S/C24H28N6O3S.C16H23ClN2O3.C14H22N2O2.C8H6N4S.C2H2Cl2O.ClH/c1-15-22-18(12-26-23(15)25-2)28-24(29-22)34-14-21(31)27-17-5-6-19(32-4)20(11-17)33-13-16-7-9-30(3)10-8-16;1-19-7-5-12(6-8-19)11-22-15-9-13(18-16(20)10-17)3-4-14(15)21-2;1-16-7-5-11(6-8-16)10-18-14-9-12(15)3-4-13(14)17-2;1-4-6-5(11-8(13)12-6)3-10-7(4)9-2;3-1-2(4)5;/h5-6,11-12,16H,7-10,13-14H2,1,3-4H3,(H,27,31)(H,28,29);3-4,9,12H,5-8,10-11H2,1-2H3,(H,18,20);3-4,9,11H,5-8,10,15H2,1-2H3;3H,1H3,(H2,11,12,13);1H2;1H. The average molecular weight is 1400 g/mol. The number of piperidine rings is 3. The monoisotopic (exact) mass is 1390 g/mol. The number of aromatic amines is 3. The molecule has 3 aliphatic heterocycles. The number of hydrogen-bond donors (Lipinski definition) is 6. The number of carbonyl (C=O) groups excluding carboxylic acids is 3. The minimum Gasteiger partial charge on any atom is -0.493 e. The number of amides is 2. The molecule has 0 unspecified atom stereocenters. The number of methoxy groups -OCH3 is 3. The van der Waals surface area contributed by atoms with Gasteiger partial charge in [-0.3, -0.25) is 14.4 Å². The van der Waals surface area contributed by atoms with Gasteiger partial charge in [-0.1, -0.05) is 24.9 Å². The zero-order chi connectivity index (χ0) is 66.7. The number of benzene rings is 3. The highest BCUT2D eigenvalue weighted by molar-refractivity contribution is 7.99. The van der Waals surface area contributed by atoms with Crippen molar-refractivity contribution < 1.29 is 42.8 Å². The van der Waals surface area contributed by atoms with Gasteiger partial charge in [0.15, 0.2) is 44.4 Å². The maximum absolute atomic E-state index is 12.6. The second-order valence-electron chi connectivity index (χ2n) is 22.1. The summed E-state index contributed by atoms with van der Waals surface area (Å²) in [4.78, 5) is 68.8. The van der Waals surface area contributed by atoms with Gasteiger partial charge in [-0.05, 0) is 191 Å². The van der Waals surface area contributed by atoms with E-state index in [0.717, 1.165) is 111 Å². The number of likely N-dealkylation sites (tertiary alicyclic amines) is 3. The highest BCUT2D eigenvalue weighted by Gasteiger charge is 2.22. The number of anilines is 3. The highest BCUT2D eigenvalue weighted by Crippen LogP contribution is 2.35. The van der Waals surface area contributed by atoms with Gasteiger partial charge in [0, 0.05) is 46.4 Å². The van der Waals surface area contributed by atoms with E-state index >= 15 is 0 Å². The summed E-state index contributed by atoms with van der Waals surface area (Å²) in [5.41, 5.74) is 12.5. The molecule has 3 aromatic carbocycles. The minimum absolute atomic E-state index is 0. The second kappa shape index (κ2) is 39.4. The lowest BCUT2D eigenvalue weighted by Crippen LogP contribution is -2.32. The van der Waals surface area contributed by atoms with Crippen LogP contribution in [0.5, 0.6) is 34.5 Å². The molecule has 0 spiro atoms. The van der Waals surface area contributed by atoms with Crippen molar-refractivity contribution in [3.63, 3.8) is 0 Å². The van der Waals surface area contributed by atoms with E-state index in [1.807, 2.05) is 32.0 Å². The van der Waals surface area contributed by atoms with Crippen LogP contribution in [0, 0.1) is 49.5 Å². The van der Waals surface area contributed by atoms with Crippen LogP contribution >= 0.6 is 71.2 Å². The Morgan fingerprint density at radius 3 is 1.48 bits per heavy atom. The van der Waals surface area contributed by atoms with E-state index in [9.17, 15) is 14.4 Å². The molecule has 4 aromatic heterocycles. The Morgan fingerprint density at radius 2 is 1.05 bits per heavy atom. The summed E-state index contributed by atoms with van der Waals surface area (Å²) in [5, 5.41) is 5.73. The molecule has 0 atom stereocenters. The number of pyridine rings is 2. The Labute approximate surface area is 573 Å². The number of nitrogens with zero attached hydrogens (tertiary/aromatic N) is 8. The molecule has 2 amide bonds. The topological polar surface area (TPSA) is 261 Å². The van der Waals surface area contributed by atoms with Crippen LogP contribution < -0.4 is 44.8 Å². The molecule has 7 aromatic rings. The summed E-state index contributed by atoms with van der Waals surface area (Å²) in [6, 6.07) is 16.2. The second-order valence-corrected chi connectivity index (χ2v) is 24.5. The number of fused-ring (bicyclic) bond motifs is 2. The van der Waals surface area contributed by atoms with Crippen molar-refractivity contribution in [3.05, 3.63) is 106 Å². The number of H-pyrrole nitrogens is 3. The zero-order valence-electron chi connectivity index (χ0n) is 53.5. The quantitative estimate of drug-likeness (QED) is 0.0110. The van der Waals surface area contributed by atoms with E-state index in [4.69, 9.17) is 94.3 Å². The molecular weight excluding hydrogens is 1310 g/mol. The fourth-order valence-corrected chi connectivity index (χ4v) is 10.8. The fraction of sp³-hybridized carbons (Fsp3) is 0.453. The number of halogens is 4. The highest BCUT2D eigenvalue weighted by atomic mass is 35.5. The first-order valence-electron chi connectivity index (χ1n) is 29.7. The molecule has 93 heavy (non-hydrogen) atoms. The summed E-state index contributed by atoms with van der Waals surface area (Å²) in [5.74, 6) is 6.14. The predicted octanol–water partition coefficient (Wildman–Crippen LogP) is 12.8. The van der Waals surface area contributed by atoms with E-state index in [0.29, 0.717) is 98.1 Å². The van der Waals surface area contributed by atoms with Gasteiger partial charge in [0.05, 0.1) is 63.8 Å². The number of ether oxygens (including phenoxy) is 6. The van der Waals surface area contributed by atoms with E-state index in [-0.39, 0.29) is 41.7 Å². The fourth-order valence-electron chi connectivity index (χ4n) is 9.86. The number of nitrogens with two attached hydrogens (primary N) is 1. The lowest BCUT2D eigenvalue weighted by Gasteiger charge is -2.28. The predicted molar refractivity (Wildman–Crippen MR) is 375 cm³/mol. The van der Waals surface area contributed by atoms with Crippen LogP contribution in [-0.4, -0.2) is 181 Å². The lowest BCUT2D eigenvalue weighted by molar-refractivity contribution is -0.114. The molecular formula is C64H82Cl4N14O9S2. The molecule has 0 radical (unpaired) electrons. The molecule has 502 valence electrons.